The molecule has 1 amide bonds. The van der Waals surface area contributed by atoms with Gasteiger partial charge in [-0.15, -0.1) is 23.1 Å². The summed E-state index contributed by atoms with van der Waals surface area (Å²) in [4.78, 5) is 22.3. The number of aryl methyl sites for hydroxylation is 2. The Balaban J connectivity index is 1.35. The lowest BCUT2D eigenvalue weighted by Gasteiger charge is -2.11. The lowest BCUT2D eigenvalue weighted by molar-refractivity contribution is 0.102. The van der Waals surface area contributed by atoms with Crippen molar-refractivity contribution >= 4 is 34.7 Å². The summed E-state index contributed by atoms with van der Waals surface area (Å²) in [5.74, 6) is 2.07. The summed E-state index contributed by atoms with van der Waals surface area (Å²) in [6.45, 7) is 3.95. The number of thiazole rings is 1. The van der Waals surface area contributed by atoms with E-state index in [0.717, 1.165) is 38.4 Å². The summed E-state index contributed by atoms with van der Waals surface area (Å²) < 4.78 is 5.84. The molecule has 156 valence electrons. The number of rotatable bonds is 7. The molecule has 0 aliphatic carbocycles. The van der Waals surface area contributed by atoms with E-state index in [1.807, 2.05) is 68.4 Å². The van der Waals surface area contributed by atoms with E-state index in [0.29, 0.717) is 11.3 Å². The van der Waals surface area contributed by atoms with Crippen LogP contribution in [0.15, 0.2) is 77.3 Å². The van der Waals surface area contributed by atoms with E-state index < -0.39 is 0 Å². The van der Waals surface area contributed by atoms with Crippen molar-refractivity contribution in [1.82, 2.24) is 9.97 Å². The molecule has 0 bridgehead atoms. The first-order valence-electron chi connectivity index (χ1n) is 9.70. The second-order valence-corrected chi connectivity index (χ2v) is 9.01. The minimum Gasteiger partial charge on any atom is -0.455 e. The highest BCUT2D eigenvalue weighted by Gasteiger charge is 2.09. The molecule has 0 unspecified atom stereocenters. The topological polar surface area (TPSA) is 64.1 Å². The molecule has 2 aromatic heterocycles. The van der Waals surface area contributed by atoms with Crippen LogP contribution in [0.4, 0.5) is 5.69 Å². The number of anilines is 1. The first-order chi connectivity index (χ1) is 15.1. The normalized spacial score (nSPS) is 10.6. The van der Waals surface area contributed by atoms with Crippen molar-refractivity contribution in [1.29, 1.82) is 0 Å². The van der Waals surface area contributed by atoms with Gasteiger partial charge in [-0.05, 0) is 74.0 Å². The molecule has 4 rings (SSSR count). The maximum absolute atomic E-state index is 12.6. The number of aromatic nitrogens is 2. The number of amides is 1. The number of nitrogens with one attached hydrogen (secondary N) is 1. The van der Waals surface area contributed by atoms with E-state index in [1.165, 1.54) is 0 Å². The van der Waals surface area contributed by atoms with Gasteiger partial charge in [-0.1, -0.05) is 0 Å². The largest absolute Gasteiger partial charge is 0.455 e. The van der Waals surface area contributed by atoms with Crippen LogP contribution < -0.4 is 10.1 Å². The molecule has 0 aliphatic rings. The number of hydrogen-bond acceptors (Lipinski definition) is 6. The van der Waals surface area contributed by atoms with Gasteiger partial charge in [0.2, 0.25) is 0 Å². The Kier molecular flexibility index (Phi) is 6.64. The maximum Gasteiger partial charge on any atom is 0.255 e. The Labute approximate surface area is 189 Å². The third-order valence-electron chi connectivity index (χ3n) is 4.46. The molecule has 0 spiro atoms. The third-order valence-corrected chi connectivity index (χ3v) is 6.33. The summed E-state index contributed by atoms with van der Waals surface area (Å²) in [7, 11) is 0. The molecule has 2 heterocycles. The average Bonchev–Trinajstić information content (AvgIpc) is 3.20. The quantitative estimate of drug-likeness (QED) is 0.328. The number of ether oxygens (including phenoxy) is 1. The molecule has 0 radical (unpaired) electrons. The Morgan fingerprint density at radius 1 is 1.13 bits per heavy atom. The van der Waals surface area contributed by atoms with Crippen LogP contribution in [0.25, 0.3) is 0 Å². The molecule has 7 heteroatoms. The standard InChI is InChI=1S/C24H21N3O2S2/c1-16-12-19(7-10-23(16)29-21-4-3-11-25-13-21)27-24(28)18-5-8-22(9-6-18)31-15-20-14-30-17(2)26-20/h3-14H,15H2,1-2H3,(H,27,28). The highest BCUT2D eigenvalue weighted by Crippen LogP contribution is 2.27. The van der Waals surface area contributed by atoms with Gasteiger partial charge in [0, 0.05) is 33.5 Å². The van der Waals surface area contributed by atoms with Gasteiger partial charge in [0.25, 0.3) is 5.91 Å². The molecule has 31 heavy (non-hydrogen) atoms. The predicted molar refractivity (Wildman–Crippen MR) is 126 cm³/mol. The van der Waals surface area contributed by atoms with Crippen molar-refractivity contribution in [2.24, 2.45) is 0 Å². The molecule has 5 nitrogen and oxygen atoms in total. The molecular formula is C24H21N3O2S2. The summed E-state index contributed by atoms with van der Waals surface area (Å²) in [6.07, 6.45) is 3.36. The van der Waals surface area contributed by atoms with Gasteiger partial charge < -0.3 is 10.1 Å². The number of benzene rings is 2. The molecule has 2 aromatic carbocycles. The summed E-state index contributed by atoms with van der Waals surface area (Å²) in [5.41, 5.74) is 3.34. The molecule has 0 saturated carbocycles. The Morgan fingerprint density at radius 3 is 2.65 bits per heavy atom. The number of carbonyl (C=O) groups excluding carboxylic acids is 1. The summed E-state index contributed by atoms with van der Waals surface area (Å²) >= 11 is 3.37. The van der Waals surface area contributed by atoms with Crippen LogP contribution in [0.2, 0.25) is 0 Å². The van der Waals surface area contributed by atoms with Gasteiger partial charge >= 0.3 is 0 Å². The fraction of sp³-hybridized carbons (Fsp3) is 0.125. The monoisotopic (exact) mass is 447 g/mol. The van der Waals surface area contributed by atoms with E-state index in [-0.39, 0.29) is 5.91 Å². The lowest BCUT2D eigenvalue weighted by atomic mass is 10.1. The van der Waals surface area contributed by atoms with Crippen LogP contribution in [0.5, 0.6) is 11.5 Å². The molecular weight excluding hydrogens is 426 g/mol. The van der Waals surface area contributed by atoms with Crippen LogP contribution in [0.1, 0.15) is 26.6 Å². The second-order valence-electron chi connectivity index (χ2n) is 6.90. The number of thioether (sulfide) groups is 1. The first-order valence-corrected chi connectivity index (χ1v) is 11.6. The number of carbonyl (C=O) groups is 1. The van der Waals surface area contributed by atoms with Crippen molar-refractivity contribution in [3.8, 4) is 11.5 Å². The molecule has 0 saturated heterocycles. The van der Waals surface area contributed by atoms with Gasteiger partial charge in [-0.2, -0.15) is 0 Å². The van der Waals surface area contributed by atoms with Crippen LogP contribution >= 0.6 is 23.1 Å². The highest BCUT2D eigenvalue weighted by molar-refractivity contribution is 7.98. The van der Waals surface area contributed by atoms with Crippen LogP contribution in [-0.2, 0) is 5.75 Å². The molecule has 4 aromatic rings. The van der Waals surface area contributed by atoms with Gasteiger partial charge in [-0.25, -0.2) is 4.98 Å². The van der Waals surface area contributed by atoms with Crippen LogP contribution in [-0.4, -0.2) is 15.9 Å². The SMILES string of the molecule is Cc1nc(CSc2ccc(C(=O)Nc3ccc(Oc4cccnc4)c(C)c3)cc2)cs1. The summed E-state index contributed by atoms with van der Waals surface area (Å²) in [5, 5.41) is 6.11. The zero-order valence-corrected chi connectivity index (χ0v) is 18.8. The predicted octanol–water partition coefficient (Wildman–Crippen LogP) is 6.49. The Hall–Kier alpha value is -3.16. The van der Waals surface area contributed by atoms with Gasteiger partial charge in [0.15, 0.2) is 0 Å². The average molecular weight is 448 g/mol. The number of hydrogen-bond donors (Lipinski definition) is 1. The van der Waals surface area contributed by atoms with Crippen LogP contribution in [0.3, 0.4) is 0 Å². The van der Waals surface area contributed by atoms with Gasteiger partial charge in [-0.3, -0.25) is 9.78 Å². The fourth-order valence-electron chi connectivity index (χ4n) is 2.91. The van der Waals surface area contributed by atoms with Gasteiger partial charge in [0.1, 0.15) is 11.5 Å². The zero-order chi connectivity index (χ0) is 21.6. The summed E-state index contributed by atoms with van der Waals surface area (Å²) in [6, 6.07) is 16.9. The van der Waals surface area contributed by atoms with Crippen molar-refractivity contribution in [2.45, 2.75) is 24.5 Å². The van der Waals surface area contributed by atoms with Crippen molar-refractivity contribution in [3.63, 3.8) is 0 Å². The van der Waals surface area contributed by atoms with Crippen molar-refractivity contribution < 1.29 is 9.53 Å². The van der Waals surface area contributed by atoms with E-state index >= 15 is 0 Å². The minimum absolute atomic E-state index is 0.146. The number of pyridine rings is 1. The zero-order valence-electron chi connectivity index (χ0n) is 17.2. The van der Waals surface area contributed by atoms with E-state index in [4.69, 9.17) is 4.74 Å². The molecule has 0 atom stereocenters. The minimum atomic E-state index is -0.146. The van der Waals surface area contributed by atoms with Crippen LogP contribution in [0, 0.1) is 13.8 Å². The van der Waals surface area contributed by atoms with Gasteiger partial charge in [0.05, 0.1) is 16.9 Å². The lowest BCUT2D eigenvalue weighted by Crippen LogP contribution is -2.11. The molecule has 1 N–H and O–H groups in total. The van der Waals surface area contributed by atoms with E-state index in [1.54, 1.807) is 35.5 Å². The first kappa shape index (κ1) is 21.1. The smallest absolute Gasteiger partial charge is 0.255 e. The van der Waals surface area contributed by atoms with Crippen molar-refractivity contribution in [3.05, 3.63) is 94.2 Å². The Morgan fingerprint density at radius 2 is 1.97 bits per heavy atom. The third kappa shape index (κ3) is 5.71. The second kappa shape index (κ2) is 9.76. The van der Waals surface area contributed by atoms with Crippen molar-refractivity contribution in [2.75, 3.05) is 5.32 Å². The Bertz CT molecular complexity index is 1180. The molecule has 0 aliphatic heterocycles. The number of nitrogens with zero attached hydrogens (tertiary/aromatic N) is 2. The van der Waals surface area contributed by atoms with E-state index in [2.05, 4.69) is 20.7 Å². The van der Waals surface area contributed by atoms with E-state index in [9.17, 15) is 4.79 Å². The fourth-order valence-corrected chi connectivity index (χ4v) is 4.42. The maximum atomic E-state index is 12.6. The highest BCUT2D eigenvalue weighted by atomic mass is 32.2. The molecule has 0 fully saturated rings.